The summed E-state index contributed by atoms with van der Waals surface area (Å²) in [7, 11) is 1.94. The van der Waals surface area contributed by atoms with Crippen molar-refractivity contribution in [3.63, 3.8) is 0 Å². The number of piperidine rings is 1. The van der Waals surface area contributed by atoms with E-state index >= 15 is 0 Å². The molecule has 5 rings (SSSR count). The molecule has 3 aromatic rings. The van der Waals surface area contributed by atoms with Crippen molar-refractivity contribution >= 4 is 16.8 Å². The van der Waals surface area contributed by atoms with Crippen LogP contribution in [-0.2, 0) is 13.5 Å². The minimum atomic E-state index is 0.137. The molecule has 6 nitrogen and oxygen atoms in total. The highest BCUT2D eigenvalue weighted by molar-refractivity contribution is 5.99. The molecule has 1 aliphatic carbocycles. The summed E-state index contributed by atoms with van der Waals surface area (Å²) < 4.78 is 7.37. The van der Waals surface area contributed by atoms with Gasteiger partial charge < -0.3 is 9.42 Å². The zero-order valence-electron chi connectivity index (χ0n) is 17.0. The Morgan fingerprint density at radius 1 is 1.17 bits per heavy atom. The molecule has 1 aromatic carbocycles. The summed E-state index contributed by atoms with van der Waals surface area (Å²) in [6.45, 7) is 3.12. The van der Waals surface area contributed by atoms with Gasteiger partial charge in [0.05, 0.1) is 17.5 Å². The lowest BCUT2D eigenvalue weighted by molar-refractivity contribution is 0.0892. The minimum absolute atomic E-state index is 0.137. The lowest BCUT2D eigenvalue weighted by atomic mass is 9.90. The SMILES string of the molecule is Cn1ncc2c1CCCC(CCN1CCC(c3noc4ccccc34)CC1)C2=O. The molecule has 2 aromatic heterocycles. The maximum absolute atomic E-state index is 13.0. The second kappa shape index (κ2) is 7.75. The summed E-state index contributed by atoms with van der Waals surface area (Å²) in [6, 6.07) is 8.13. The van der Waals surface area contributed by atoms with Gasteiger partial charge >= 0.3 is 0 Å². The third kappa shape index (κ3) is 3.50. The fourth-order valence-corrected chi connectivity index (χ4v) is 5.08. The van der Waals surface area contributed by atoms with Gasteiger partial charge in [-0.25, -0.2) is 0 Å². The fraction of sp³-hybridized carbons (Fsp3) is 0.522. The molecule has 3 heterocycles. The first kappa shape index (κ1) is 18.6. The molecule has 0 bridgehead atoms. The first-order valence-corrected chi connectivity index (χ1v) is 10.8. The van der Waals surface area contributed by atoms with Crippen LogP contribution in [0, 0.1) is 5.92 Å². The number of nitrogens with zero attached hydrogens (tertiary/aromatic N) is 4. The van der Waals surface area contributed by atoms with Crippen LogP contribution in [0.4, 0.5) is 0 Å². The predicted octanol–water partition coefficient (Wildman–Crippen LogP) is 3.97. The molecule has 1 saturated heterocycles. The molecule has 2 aliphatic rings. The van der Waals surface area contributed by atoms with Gasteiger partial charge in [0.2, 0.25) is 0 Å². The number of benzene rings is 1. The average molecular weight is 393 g/mol. The second-order valence-electron chi connectivity index (χ2n) is 8.55. The van der Waals surface area contributed by atoms with Crippen LogP contribution in [0.3, 0.4) is 0 Å². The Bertz CT molecular complexity index is 1010. The van der Waals surface area contributed by atoms with Crippen LogP contribution < -0.4 is 0 Å². The number of ketones is 1. The first-order valence-electron chi connectivity index (χ1n) is 10.8. The third-order valence-corrected chi connectivity index (χ3v) is 6.84. The van der Waals surface area contributed by atoms with Gasteiger partial charge in [-0.2, -0.15) is 5.10 Å². The van der Waals surface area contributed by atoms with Crippen molar-refractivity contribution in [2.45, 2.75) is 44.4 Å². The fourth-order valence-electron chi connectivity index (χ4n) is 5.08. The smallest absolute Gasteiger partial charge is 0.169 e. The van der Waals surface area contributed by atoms with Crippen molar-refractivity contribution in [3.05, 3.63) is 47.4 Å². The molecule has 1 unspecified atom stereocenters. The van der Waals surface area contributed by atoms with Crippen LogP contribution >= 0.6 is 0 Å². The first-order chi connectivity index (χ1) is 14.2. The van der Waals surface area contributed by atoms with E-state index in [4.69, 9.17) is 4.52 Å². The summed E-state index contributed by atoms with van der Waals surface area (Å²) in [6.07, 6.45) is 7.95. The van der Waals surface area contributed by atoms with E-state index in [-0.39, 0.29) is 5.92 Å². The number of carbonyl (C=O) groups is 1. The topological polar surface area (TPSA) is 64.2 Å². The average Bonchev–Trinajstić information content (AvgIpc) is 3.30. The Morgan fingerprint density at radius 3 is 2.86 bits per heavy atom. The van der Waals surface area contributed by atoms with E-state index < -0.39 is 0 Å². The van der Waals surface area contributed by atoms with Crippen LogP contribution in [0.25, 0.3) is 11.0 Å². The lowest BCUT2D eigenvalue weighted by Crippen LogP contribution is -2.35. The summed E-state index contributed by atoms with van der Waals surface area (Å²) in [5.41, 5.74) is 3.96. The summed E-state index contributed by atoms with van der Waals surface area (Å²) in [5.74, 6) is 0.902. The van der Waals surface area contributed by atoms with Gasteiger partial charge in [0.1, 0.15) is 0 Å². The Hall–Kier alpha value is -2.47. The number of carbonyl (C=O) groups excluding carboxylic acids is 1. The van der Waals surface area contributed by atoms with E-state index in [1.54, 1.807) is 6.20 Å². The lowest BCUT2D eigenvalue weighted by Gasteiger charge is -2.32. The van der Waals surface area contributed by atoms with Crippen LogP contribution in [-0.4, -0.2) is 45.3 Å². The van der Waals surface area contributed by atoms with Crippen molar-refractivity contribution in [1.82, 2.24) is 19.8 Å². The molecule has 0 N–H and O–H groups in total. The van der Waals surface area contributed by atoms with Gasteiger partial charge in [-0.3, -0.25) is 9.48 Å². The molecule has 1 aliphatic heterocycles. The summed E-state index contributed by atoms with van der Waals surface area (Å²) in [5, 5.41) is 9.82. The van der Waals surface area contributed by atoms with E-state index in [2.05, 4.69) is 27.3 Å². The third-order valence-electron chi connectivity index (χ3n) is 6.84. The molecule has 152 valence electrons. The van der Waals surface area contributed by atoms with E-state index in [1.165, 1.54) is 0 Å². The van der Waals surface area contributed by atoms with Gasteiger partial charge in [0, 0.05) is 30.0 Å². The standard InChI is InChI=1S/C23H28N4O2/c1-26-20-7-4-5-17(23(28)19(20)15-24-26)11-14-27-12-9-16(10-13-27)22-18-6-2-3-8-21(18)29-25-22/h2-3,6,8,15-17H,4-5,7,9-14H2,1H3. The number of aromatic nitrogens is 3. The van der Waals surface area contributed by atoms with E-state index in [1.807, 2.05) is 23.9 Å². The monoisotopic (exact) mass is 392 g/mol. The molecular formula is C23H28N4O2. The number of para-hydroxylation sites is 1. The number of fused-ring (bicyclic) bond motifs is 2. The van der Waals surface area contributed by atoms with Gasteiger partial charge in [-0.15, -0.1) is 0 Å². The zero-order valence-corrected chi connectivity index (χ0v) is 17.0. The van der Waals surface area contributed by atoms with Crippen molar-refractivity contribution in [1.29, 1.82) is 0 Å². The predicted molar refractivity (Wildman–Crippen MR) is 111 cm³/mol. The second-order valence-corrected chi connectivity index (χ2v) is 8.55. The molecule has 0 saturated carbocycles. The zero-order chi connectivity index (χ0) is 19.8. The summed E-state index contributed by atoms with van der Waals surface area (Å²) >= 11 is 0. The van der Waals surface area contributed by atoms with Crippen LogP contribution in [0.1, 0.15) is 59.8 Å². The number of rotatable bonds is 4. The van der Waals surface area contributed by atoms with Crippen molar-refractivity contribution < 1.29 is 9.32 Å². The maximum atomic E-state index is 13.0. The number of Topliss-reactive ketones (excluding diaryl/α,β-unsaturated/α-hetero) is 1. The molecule has 1 atom stereocenters. The Balaban J connectivity index is 1.18. The number of hydrogen-bond donors (Lipinski definition) is 0. The van der Waals surface area contributed by atoms with Crippen molar-refractivity contribution in [2.75, 3.05) is 19.6 Å². The molecule has 6 heteroatoms. The number of hydrogen-bond acceptors (Lipinski definition) is 5. The molecule has 0 spiro atoms. The quantitative estimate of drug-likeness (QED) is 0.629. The van der Waals surface area contributed by atoms with E-state index in [0.717, 1.165) is 86.1 Å². The van der Waals surface area contributed by atoms with Gasteiger partial charge in [0.15, 0.2) is 11.4 Å². The van der Waals surface area contributed by atoms with Crippen molar-refractivity contribution in [3.8, 4) is 0 Å². The van der Waals surface area contributed by atoms with E-state index in [9.17, 15) is 4.79 Å². The van der Waals surface area contributed by atoms with Crippen LogP contribution in [0.15, 0.2) is 35.0 Å². The molecule has 0 amide bonds. The summed E-state index contributed by atoms with van der Waals surface area (Å²) in [4.78, 5) is 15.5. The van der Waals surface area contributed by atoms with Gasteiger partial charge in [0.25, 0.3) is 0 Å². The minimum Gasteiger partial charge on any atom is -0.356 e. The number of aryl methyl sites for hydroxylation is 1. The normalized spacial score (nSPS) is 21.4. The highest BCUT2D eigenvalue weighted by atomic mass is 16.5. The largest absolute Gasteiger partial charge is 0.356 e. The van der Waals surface area contributed by atoms with Gasteiger partial charge in [-0.1, -0.05) is 17.3 Å². The Labute approximate surface area is 170 Å². The van der Waals surface area contributed by atoms with Gasteiger partial charge in [-0.05, 0) is 70.3 Å². The van der Waals surface area contributed by atoms with Crippen LogP contribution in [0.2, 0.25) is 0 Å². The molecule has 0 radical (unpaired) electrons. The Kier molecular flexibility index (Phi) is 4.96. The van der Waals surface area contributed by atoms with Crippen LogP contribution in [0.5, 0.6) is 0 Å². The molecule has 29 heavy (non-hydrogen) atoms. The Morgan fingerprint density at radius 2 is 2.00 bits per heavy atom. The van der Waals surface area contributed by atoms with Crippen molar-refractivity contribution in [2.24, 2.45) is 13.0 Å². The van der Waals surface area contributed by atoms with E-state index in [0.29, 0.717) is 11.7 Å². The molecule has 1 fully saturated rings. The maximum Gasteiger partial charge on any atom is 0.169 e. The highest BCUT2D eigenvalue weighted by Crippen LogP contribution is 2.33. The number of likely N-dealkylation sites (tertiary alicyclic amines) is 1. The highest BCUT2D eigenvalue weighted by Gasteiger charge is 2.29. The molecular weight excluding hydrogens is 364 g/mol.